The third-order valence-corrected chi connectivity index (χ3v) is 4.89. The Kier molecular flexibility index (Phi) is 6.49. The van der Waals surface area contributed by atoms with Crippen molar-refractivity contribution >= 4 is 5.91 Å². The van der Waals surface area contributed by atoms with Gasteiger partial charge in [-0.15, -0.1) is 0 Å². The molecule has 0 bridgehead atoms. The zero-order valence-corrected chi connectivity index (χ0v) is 15.9. The largest absolute Gasteiger partial charge is 0.484 e. The summed E-state index contributed by atoms with van der Waals surface area (Å²) in [6.07, 6.45) is -1.02. The zero-order chi connectivity index (χ0) is 20.0. The molecule has 1 heterocycles. The van der Waals surface area contributed by atoms with E-state index in [4.69, 9.17) is 9.47 Å². The number of aliphatic hydroxyl groups excluding tert-OH is 2. The molecule has 28 heavy (non-hydrogen) atoms. The zero-order valence-electron chi connectivity index (χ0n) is 15.9. The van der Waals surface area contributed by atoms with E-state index in [-0.39, 0.29) is 25.7 Å². The molecule has 0 aliphatic heterocycles. The quantitative estimate of drug-likeness (QED) is 0.635. The van der Waals surface area contributed by atoms with Gasteiger partial charge in [-0.2, -0.15) is 0 Å². The predicted molar refractivity (Wildman–Crippen MR) is 103 cm³/mol. The van der Waals surface area contributed by atoms with Crippen LogP contribution in [-0.4, -0.2) is 53.1 Å². The number of pyridine rings is 1. The lowest BCUT2D eigenvalue weighted by molar-refractivity contribution is -0.123. The smallest absolute Gasteiger partial charge is 0.257 e. The van der Waals surface area contributed by atoms with Gasteiger partial charge in [0.15, 0.2) is 6.61 Å². The molecule has 150 valence electrons. The van der Waals surface area contributed by atoms with Crippen LogP contribution in [-0.2, 0) is 4.79 Å². The lowest BCUT2D eigenvalue weighted by Crippen LogP contribution is -2.42. The van der Waals surface area contributed by atoms with Crippen LogP contribution in [0, 0.1) is 12.3 Å². The Morgan fingerprint density at radius 3 is 2.50 bits per heavy atom. The van der Waals surface area contributed by atoms with Gasteiger partial charge in [0.1, 0.15) is 5.75 Å². The minimum atomic E-state index is -0.841. The number of carbonyl (C=O) groups is 1. The number of hydrogen-bond donors (Lipinski definition) is 3. The molecule has 0 spiro atoms. The number of hydrogen-bond acceptors (Lipinski definition) is 6. The summed E-state index contributed by atoms with van der Waals surface area (Å²) in [7, 11) is 0. The van der Waals surface area contributed by atoms with Gasteiger partial charge in [-0.1, -0.05) is 24.3 Å². The van der Waals surface area contributed by atoms with E-state index < -0.39 is 17.6 Å². The third-order valence-electron chi connectivity index (χ3n) is 4.89. The number of rotatable bonds is 8. The average Bonchev–Trinajstić information content (AvgIpc) is 2.98. The molecule has 3 atom stereocenters. The van der Waals surface area contributed by atoms with E-state index in [0.29, 0.717) is 24.5 Å². The first kappa shape index (κ1) is 20.1. The van der Waals surface area contributed by atoms with Gasteiger partial charge in [0, 0.05) is 23.7 Å². The van der Waals surface area contributed by atoms with Crippen molar-refractivity contribution in [3.8, 4) is 11.6 Å². The van der Waals surface area contributed by atoms with Crippen LogP contribution in [0.2, 0.25) is 0 Å². The second-order valence-corrected chi connectivity index (χ2v) is 7.33. The second-order valence-electron chi connectivity index (χ2n) is 7.33. The molecule has 7 nitrogen and oxygen atoms in total. The van der Waals surface area contributed by atoms with E-state index in [9.17, 15) is 15.0 Å². The van der Waals surface area contributed by atoms with Crippen LogP contribution in [0.25, 0.3) is 0 Å². The van der Waals surface area contributed by atoms with E-state index in [1.54, 1.807) is 18.2 Å². The van der Waals surface area contributed by atoms with Gasteiger partial charge in [-0.3, -0.25) is 4.79 Å². The highest BCUT2D eigenvalue weighted by atomic mass is 16.5. The Labute approximate surface area is 164 Å². The molecule has 1 amide bonds. The number of aliphatic hydroxyl groups is 2. The van der Waals surface area contributed by atoms with Gasteiger partial charge >= 0.3 is 0 Å². The van der Waals surface area contributed by atoms with Crippen LogP contribution in [0.1, 0.15) is 18.5 Å². The number of benzene rings is 1. The van der Waals surface area contributed by atoms with Crippen LogP contribution < -0.4 is 14.8 Å². The SMILES string of the molecule is Cc1cccc(OCC2(CNC(=O)COc3ccccc3)C[C@@H](O)[C@@H](O)C2)n1. The van der Waals surface area contributed by atoms with Crippen molar-refractivity contribution in [2.75, 3.05) is 19.8 Å². The molecule has 1 aliphatic rings. The molecule has 1 saturated carbocycles. The first-order valence-electron chi connectivity index (χ1n) is 9.33. The van der Waals surface area contributed by atoms with Crippen LogP contribution in [0.15, 0.2) is 48.5 Å². The maximum absolute atomic E-state index is 12.2. The highest BCUT2D eigenvalue weighted by Gasteiger charge is 2.45. The standard InChI is InChI=1S/C21H26N2O5/c1-15-6-5-9-20(23-15)28-14-21(10-17(24)18(25)11-21)13-22-19(26)12-27-16-7-3-2-4-8-16/h2-9,17-18,24-25H,10-14H2,1H3,(H,22,26)/t17-,18+,21?. The normalized spacial score (nSPS) is 24.0. The van der Waals surface area contributed by atoms with Gasteiger partial charge in [0.2, 0.25) is 5.88 Å². The minimum Gasteiger partial charge on any atom is -0.484 e. The Balaban J connectivity index is 1.56. The molecule has 2 aromatic rings. The molecular formula is C21H26N2O5. The predicted octanol–water partition coefficient (Wildman–Crippen LogP) is 1.47. The lowest BCUT2D eigenvalue weighted by atomic mass is 9.86. The summed E-state index contributed by atoms with van der Waals surface area (Å²) >= 11 is 0. The first-order chi connectivity index (χ1) is 13.5. The average molecular weight is 386 g/mol. The number of aromatic nitrogens is 1. The minimum absolute atomic E-state index is 0.106. The number of amides is 1. The number of para-hydroxylation sites is 1. The summed E-state index contributed by atoms with van der Waals surface area (Å²) in [5.41, 5.74) is 0.261. The fraction of sp³-hybridized carbons (Fsp3) is 0.429. The third kappa shape index (κ3) is 5.43. The summed E-state index contributed by atoms with van der Waals surface area (Å²) < 4.78 is 11.3. The Hall–Kier alpha value is -2.64. The molecule has 0 radical (unpaired) electrons. The van der Waals surface area contributed by atoms with Crippen molar-refractivity contribution in [1.29, 1.82) is 0 Å². The summed E-state index contributed by atoms with van der Waals surface area (Å²) in [4.78, 5) is 16.5. The number of aryl methyl sites for hydroxylation is 1. The van der Waals surface area contributed by atoms with Gasteiger partial charge < -0.3 is 25.0 Å². The number of nitrogens with zero attached hydrogens (tertiary/aromatic N) is 1. The number of ether oxygens (including phenoxy) is 2. The molecule has 1 aromatic heterocycles. The fourth-order valence-electron chi connectivity index (χ4n) is 3.38. The van der Waals surface area contributed by atoms with Crippen molar-refractivity contribution in [3.05, 3.63) is 54.2 Å². The molecule has 0 saturated heterocycles. The highest BCUT2D eigenvalue weighted by Crippen LogP contribution is 2.38. The molecule has 3 N–H and O–H groups in total. The Morgan fingerprint density at radius 1 is 1.11 bits per heavy atom. The summed E-state index contributed by atoms with van der Waals surface area (Å²) in [5.74, 6) is 0.828. The van der Waals surface area contributed by atoms with Crippen LogP contribution in [0.5, 0.6) is 11.6 Å². The van der Waals surface area contributed by atoms with Crippen molar-refractivity contribution in [1.82, 2.24) is 10.3 Å². The topological polar surface area (TPSA) is 101 Å². The van der Waals surface area contributed by atoms with Crippen molar-refractivity contribution in [2.45, 2.75) is 32.0 Å². The van der Waals surface area contributed by atoms with Gasteiger partial charge in [-0.25, -0.2) is 4.98 Å². The monoisotopic (exact) mass is 386 g/mol. The van der Waals surface area contributed by atoms with E-state index in [0.717, 1.165) is 5.69 Å². The molecule has 3 rings (SSSR count). The summed E-state index contributed by atoms with van der Waals surface area (Å²) in [6.45, 7) is 2.27. The van der Waals surface area contributed by atoms with E-state index in [2.05, 4.69) is 10.3 Å². The first-order valence-corrected chi connectivity index (χ1v) is 9.33. The number of nitrogens with one attached hydrogen (secondary N) is 1. The van der Waals surface area contributed by atoms with Crippen molar-refractivity contribution in [3.63, 3.8) is 0 Å². The molecule has 1 aliphatic carbocycles. The molecule has 1 aromatic carbocycles. The maximum Gasteiger partial charge on any atom is 0.257 e. The van der Waals surface area contributed by atoms with Crippen molar-refractivity contribution in [2.24, 2.45) is 5.41 Å². The summed E-state index contributed by atoms with van der Waals surface area (Å²) in [5, 5.41) is 22.9. The van der Waals surface area contributed by atoms with Crippen LogP contribution in [0.4, 0.5) is 0 Å². The molecular weight excluding hydrogens is 360 g/mol. The second kappa shape index (κ2) is 9.03. The lowest BCUT2D eigenvalue weighted by Gasteiger charge is -2.29. The number of carbonyl (C=O) groups excluding carboxylic acids is 1. The van der Waals surface area contributed by atoms with Gasteiger partial charge in [-0.05, 0) is 38.0 Å². The highest BCUT2D eigenvalue weighted by molar-refractivity contribution is 5.77. The molecule has 1 fully saturated rings. The van der Waals surface area contributed by atoms with Crippen LogP contribution >= 0.6 is 0 Å². The van der Waals surface area contributed by atoms with Crippen molar-refractivity contribution < 1.29 is 24.5 Å². The summed E-state index contributed by atoms with van der Waals surface area (Å²) in [6, 6.07) is 14.6. The molecule has 1 unspecified atom stereocenters. The Bertz CT molecular complexity index is 773. The van der Waals surface area contributed by atoms with E-state index in [1.807, 2.05) is 37.3 Å². The van der Waals surface area contributed by atoms with E-state index >= 15 is 0 Å². The van der Waals surface area contributed by atoms with Gasteiger partial charge in [0.25, 0.3) is 5.91 Å². The maximum atomic E-state index is 12.2. The van der Waals surface area contributed by atoms with E-state index in [1.165, 1.54) is 0 Å². The Morgan fingerprint density at radius 2 is 1.82 bits per heavy atom. The van der Waals surface area contributed by atoms with Crippen LogP contribution in [0.3, 0.4) is 0 Å². The van der Waals surface area contributed by atoms with Gasteiger partial charge in [0.05, 0.1) is 18.8 Å². The fourth-order valence-corrected chi connectivity index (χ4v) is 3.38. The molecule has 7 heteroatoms.